The molecule has 0 spiro atoms. The maximum absolute atomic E-state index is 13.6. The molecule has 0 saturated carbocycles. The van der Waals surface area contributed by atoms with E-state index in [2.05, 4.69) is 11.0 Å². The van der Waals surface area contributed by atoms with Crippen LogP contribution >= 0.6 is 12.4 Å². The molecule has 0 bridgehead atoms. The van der Waals surface area contributed by atoms with Crippen LogP contribution in [0.3, 0.4) is 0 Å². The molecule has 11 nitrogen and oxygen atoms in total. The second-order valence-electron chi connectivity index (χ2n) is 10.0. The molecule has 1 unspecified atom stereocenters. The number of pyridine rings is 1. The SMILES string of the molecule is CC(=O)N1CCN(C(=O)c2cc(N3CCCC(N)C3)c3c(n2)n(C)c(=O)n3Cc2ccccc2C#N)CC1.Cl. The fourth-order valence-electron chi connectivity index (χ4n) is 5.42. The molecular weight excluding hydrogens is 520 g/mol. The van der Waals surface area contributed by atoms with Crippen LogP contribution < -0.4 is 16.3 Å². The van der Waals surface area contributed by atoms with Gasteiger partial charge in [-0.3, -0.25) is 18.7 Å². The second kappa shape index (κ2) is 11.5. The monoisotopic (exact) mass is 552 g/mol. The zero-order chi connectivity index (χ0) is 27.0. The lowest BCUT2D eigenvalue weighted by atomic mass is 10.1. The van der Waals surface area contributed by atoms with E-state index in [1.54, 1.807) is 39.6 Å². The van der Waals surface area contributed by atoms with Crippen LogP contribution in [0.1, 0.15) is 41.4 Å². The summed E-state index contributed by atoms with van der Waals surface area (Å²) in [6.07, 6.45) is 1.81. The smallest absolute Gasteiger partial charge is 0.330 e. The van der Waals surface area contributed by atoms with Crippen molar-refractivity contribution >= 4 is 41.1 Å². The third-order valence-electron chi connectivity index (χ3n) is 7.56. The largest absolute Gasteiger partial charge is 0.368 e. The number of aryl methyl sites for hydroxylation is 1. The van der Waals surface area contributed by atoms with Crippen molar-refractivity contribution in [1.82, 2.24) is 23.9 Å². The molecular formula is C27H33ClN8O3. The number of nitrogens with two attached hydrogens (primary N) is 1. The zero-order valence-electron chi connectivity index (χ0n) is 22.2. The Morgan fingerprint density at radius 2 is 1.82 bits per heavy atom. The maximum atomic E-state index is 13.6. The van der Waals surface area contributed by atoms with Gasteiger partial charge in [0.2, 0.25) is 5.91 Å². The third kappa shape index (κ3) is 5.35. The maximum Gasteiger partial charge on any atom is 0.330 e. The van der Waals surface area contributed by atoms with Crippen molar-refractivity contribution in [2.75, 3.05) is 44.2 Å². The molecule has 3 aromatic rings. The molecule has 2 fully saturated rings. The number of rotatable bonds is 4. The molecule has 39 heavy (non-hydrogen) atoms. The number of aromatic nitrogens is 3. The van der Waals surface area contributed by atoms with Gasteiger partial charge in [-0.15, -0.1) is 12.4 Å². The van der Waals surface area contributed by atoms with Gasteiger partial charge >= 0.3 is 5.69 Å². The Kier molecular flexibility index (Phi) is 8.28. The minimum absolute atomic E-state index is 0. The minimum Gasteiger partial charge on any atom is -0.368 e. The molecule has 0 aliphatic carbocycles. The van der Waals surface area contributed by atoms with Crippen molar-refractivity contribution in [3.05, 3.63) is 57.6 Å². The van der Waals surface area contributed by atoms with Crippen molar-refractivity contribution in [3.63, 3.8) is 0 Å². The second-order valence-corrected chi connectivity index (χ2v) is 10.0. The number of imidazole rings is 1. The van der Waals surface area contributed by atoms with Gasteiger partial charge in [0.15, 0.2) is 5.65 Å². The normalized spacial score (nSPS) is 17.6. The standard InChI is InChI=1S/C27H32N8O3.ClH/c1-18(36)32-10-12-33(13-11-32)26(37)22-14-23(34-9-5-8-21(29)17-34)24-25(30-22)31(2)27(38)35(24)16-20-7-4-3-6-19(20)15-28;/h3-4,6-7,14,21H,5,8-13,16-17,29H2,1-2H3;1H. The van der Waals surface area contributed by atoms with Gasteiger partial charge in [-0.05, 0) is 30.5 Å². The fourth-order valence-corrected chi connectivity index (χ4v) is 5.42. The van der Waals surface area contributed by atoms with Gasteiger partial charge in [0.1, 0.15) is 11.2 Å². The van der Waals surface area contributed by atoms with Crippen LogP contribution in [-0.2, 0) is 18.4 Å². The van der Waals surface area contributed by atoms with Crippen molar-refractivity contribution in [2.45, 2.75) is 32.4 Å². The molecule has 1 aromatic carbocycles. The van der Waals surface area contributed by atoms with Crippen molar-refractivity contribution in [3.8, 4) is 6.07 Å². The van der Waals surface area contributed by atoms with Gasteiger partial charge in [0.05, 0.1) is 23.9 Å². The number of amides is 2. The molecule has 2 aliphatic rings. The summed E-state index contributed by atoms with van der Waals surface area (Å²) in [5, 5.41) is 9.60. The highest BCUT2D eigenvalue weighted by atomic mass is 35.5. The topological polar surface area (TPSA) is 133 Å². The number of hydrogen-bond acceptors (Lipinski definition) is 7. The summed E-state index contributed by atoms with van der Waals surface area (Å²) in [4.78, 5) is 49.1. The van der Waals surface area contributed by atoms with E-state index in [4.69, 9.17) is 10.7 Å². The Bertz CT molecular complexity index is 1500. The van der Waals surface area contributed by atoms with E-state index in [0.29, 0.717) is 49.5 Å². The van der Waals surface area contributed by atoms with Crippen LogP contribution in [-0.4, -0.2) is 81.0 Å². The molecule has 2 aliphatic heterocycles. The summed E-state index contributed by atoms with van der Waals surface area (Å²) < 4.78 is 3.09. The molecule has 12 heteroatoms. The molecule has 2 saturated heterocycles. The number of hydrogen-bond donors (Lipinski definition) is 1. The summed E-state index contributed by atoms with van der Waals surface area (Å²) in [7, 11) is 1.65. The number of carbonyl (C=O) groups is 2. The summed E-state index contributed by atoms with van der Waals surface area (Å²) >= 11 is 0. The molecule has 2 aromatic heterocycles. The van der Waals surface area contributed by atoms with Crippen LogP contribution in [0.15, 0.2) is 35.1 Å². The molecule has 1 atom stereocenters. The highest BCUT2D eigenvalue weighted by molar-refractivity contribution is 5.98. The van der Waals surface area contributed by atoms with Gasteiger partial charge in [-0.1, -0.05) is 18.2 Å². The van der Waals surface area contributed by atoms with E-state index >= 15 is 0 Å². The van der Waals surface area contributed by atoms with Crippen LogP contribution in [0.4, 0.5) is 5.69 Å². The highest BCUT2D eigenvalue weighted by Crippen LogP contribution is 2.30. The van der Waals surface area contributed by atoms with E-state index < -0.39 is 0 Å². The number of piperazine rings is 1. The quantitative estimate of drug-likeness (QED) is 0.516. The Hall–Kier alpha value is -3.88. The number of piperidine rings is 1. The number of fused-ring (bicyclic) bond motifs is 1. The lowest BCUT2D eigenvalue weighted by Crippen LogP contribution is -2.50. The van der Waals surface area contributed by atoms with Crippen molar-refractivity contribution in [1.29, 1.82) is 5.26 Å². The van der Waals surface area contributed by atoms with E-state index in [0.717, 1.165) is 30.6 Å². The third-order valence-corrected chi connectivity index (χ3v) is 7.56. The lowest BCUT2D eigenvalue weighted by molar-refractivity contribution is -0.130. The predicted octanol–water partition coefficient (Wildman–Crippen LogP) is 1.31. The summed E-state index contributed by atoms with van der Waals surface area (Å²) in [6, 6.07) is 11.2. The van der Waals surface area contributed by atoms with Crippen LogP contribution in [0.2, 0.25) is 0 Å². The molecule has 2 N–H and O–H groups in total. The minimum atomic E-state index is -0.275. The first kappa shape index (κ1) is 28.1. The summed E-state index contributed by atoms with van der Waals surface area (Å²) in [5.41, 5.74) is 9.30. The fraction of sp³-hybridized carbons (Fsp3) is 0.444. The highest BCUT2D eigenvalue weighted by Gasteiger charge is 2.29. The van der Waals surface area contributed by atoms with Gasteiger partial charge in [-0.2, -0.15) is 5.26 Å². The number of carbonyl (C=O) groups excluding carboxylic acids is 2. The first-order valence-corrected chi connectivity index (χ1v) is 12.9. The van der Waals surface area contributed by atoms with Crippen LogP contribution in [0, 0.1) is 11.3 Å². The van der Waals surface area contributed by atoms with E-state index in [1.807, 2.05) is 12.1 Å². The van der Waals surface area contributed by atoms with E-state index in [-0.39, 0.29) is 48.2 Å². The van der Waals surface area contributed by atoms with E-state index in [9.17, 15) is 19.6 Å². The number of benzene rings is 1. The predicted molar refractivity (Wildman–Crippen MR) is 150 cm³/mol. The average molecular weight is 553 g/mol. The molecule has 5 rings (SSSR count). The first-order valence-electron chi connectivity index (χ1n) is 12.9. The van der Waals surface area contributed by atoms with Crippen molar-refractivity contribution < 1.29 is 9.59 Å². The van der Waals surface area contributed by atoms with Crippen LogP contribution in [0.25, 0.3) is 11.2 Å². The van der Waals surface area contributed by atoms with Gasteiger partial charge in [-0.25, -0.2) is 9.78 Å². The molecule has 4 heterocycles. The average Bonchev–Trinajstić information content (AvgIpc) is 3.17. The van der Waals surface area contributed by atoms with E-state index in [1.165, 1.54) is 11.5 Å². The van der Waals surface area contributed by atoms with Gasteiger partial charge < -0.3 is 20.4 Å². The van der Waals surface area contributed by atoms with Gasteiger partial charge in [0, 0.05) is 59.3 Å². The number of nitrogens with zero attached hydrogens (tertiary/aromatic N) is 7. The number of halogens is 1. The number of anilines is 1. The van der Waals surface area contributed by atoms with Gasteiger partial charge in [0.25, 0.3) is 5.91 Å². The molecule has 206 valence electrons. The lowest BCUT2D eigenvalue weighted by Gasteiger charge is -2.35. The Labute approximate surface area is 232 Å². The van der Waals surface area contributed by atoms with Crippen LogP contribution in [0.5, 0.6) is 0 Å². The first-order chi connectivity index (χ1) is 18.3. The summed E-state index contributed by atoms with van der Waals surface area (Å²) in [6.45, 7) is 4.88. The number of nitriles is 1. The molecule has 0 radical (unpaired) electrons. The Balaban J connectivity index is 0.00000353. The Morgan fingerprint density at radius 1 is 1.13 bits per heavy atom. The Morgan fingerprint density at radius 3 is 2.49 bits per heavy atom. The molecule has 2 amide bonds. The zero-order valence-corrected chi connectivity index (χ0v) is 23.0. The van der Waals surface area contributed by atoms with Crippen molar-refractivity contribution in [2.24, 2.45) is 12.8 Å². The summed E-state index contributed by atoms with van der Waals surface area (Å²) in [5.74, 6) is -0.234.